The van der Waals surface area contributed by atoms with Gasteiger partial charge in [0.05, 0.1) is 0 Å². The van der Waals surface area contributed by atoms with Crippen molar-refractivity contribution in [3.63, 3.8) is 0 Å². The zero-order chi connectivity index (χ0) is 25.1. The van der Waals surface area contributed by atoms with E-state index in [1.165, 1.54) is 63.0 Å². The number of hydrogen-bond donors (Lipinski definition) is 0. The maximum atomic E-state index is 2.43. The molecule has 1 nitrogen and oxygen atoms in total. The molecular formula is C36H23NSe. The summed E-state index contributed by atoms with van der Waals surface area (Å²) in [5.74, 6) is 0. The van der Waals surface area contributed by atoms with Crippen molar-refractivity contribution in [1.29, 1.82) is 0 Å². The van der Waals surface area contributed by atoms with Gasteiger partial charge < -0.3 is 0 Å². The molecule has 0 aliphatic rings. The van der Waals surface area contributed by atoms with Crippen molar-refractivity contribution in [2.45, 2.75) is 0 Å². The summed E-state index contributed by atoms with van der Waals surface area (Å²) in [6.45, 7) is 0. The van der Waals surface area contributed by atoms with Gasteiger partial charge in [-0.15, -0.1) is 0 Å². The molecule has 0 fully saturated rings. The molecule has 178 valence electrons. The summed E-state index contributed by atoms with van der Waals surface area (Å²) in [6.07, 6.45) is 0. The number of rotatable bonds is 3. The summed E-state index contributed by atoms with van der Waals surface area (Å²) >= 11 is 0.303. The van der Waals surface area contributed by atoms with Crippen LogP contribution in [-0.4, -0.2) is 14.5 Å². The number of benzene rings is 7. The Bertz CT molecular complexity index is 2140. The van der Waals surface area contributed by atoms with Gasteiger partial charge in [0.2, 0.25) is 0 Å². The zero-order valence-electron chi connectivity index (χ0n) is 20.6. The zero-order valence-corrected chi connectivity index (χ0v) is 22.3. The molecule has 8 rings (SSSR count). The van der Waals surface area contributed by atoms with E-state index in [2.05, 4.69) is 144 Å². The van der Waals surface area contributed by atoms with Crippen molar-refractivity contribution >= 4 is 83.2 Å². The Morgan fingerprint density at radius 3 is 1.95 bits per heavy atom. The van der Waals surface area contributed by atoms with Crippen LogP contribution in [0.3, 0.4) is 0 Å². The van der Waals surface area contributed by atoms with Crippen LogP contribution in [0.2, 0.25) is 0 Å². The Kier molecular flexibility index (Phi) is 4.91. The van der Waals surface area contributed by atoms with Crippen molar-refractivity contribution < 1.29 is 0 Å². The molecule has 0 atom stereocenters. The Balaban J connectivity index is 1.45. The number of para-hydroxylation sites is 1. The summed E-state index contributed by atoms with van der Waals surface area (Å²) in [7, 11) is 0. The topological polar surface area (TPSA) is 3.24 Å². The van der Waals surface area contributed by atoms with Crippen molar-refractivity contribution in [3.05, 3.63) is 140 Å². The first-order valence-electron chi connectivity index (χ1n) is 12.9. The molecule has 0 bridgehead atoms. The number of fused-ring (bicyclic) bond motifs is 8. The Labute approximate surface area is 226 Å². The fourth-order valence-corrected chi connectivity index (χ4v) is 8.43. The summed E-state index contributed by atoms with van der Waals surface area (Å²) in [5, 5.41) is 10.5. The molecule has 0 amide bonds. The van der Waals surface area contributed by atoms with Gasteiger partial charge in [-0.3, -0.25) is 0 Å². The molecule has 0 aliphatic heterocycles. The second-order valence-corrected chi connectivity index (χ2v) is 12.0. The van der Waals surface area contributed by atoms with Gasteiger partial charge in [0, 0.05) is 0 Å². The van der Waals surface area contributed by atoms with E-state index in [1.54, 1.807) is 0 Å². The minimum absolute atomic E-state index is 0.303. The fraction of sp³-hybridized carbons (Fsp3) is 0. The van der Waals surface area contributed by atoms with E-state index in [9.17, 15) is 0 Å². The van der Waals surface area contributed by atoms with Crippen molar-refractivity contribution in [2.75, 3.05) is 4.90 Å². The number of nitrogens with zero attached hydrogens (tertiary/aromatic N) is 1. The maximum absolute atomic E-state index is 2.43. The van der Waals surface area contributed by atoms with Crippen LogP contribution in [0.15, 0.2) is 140 Å². The average molecular weight is 549 g/mol. The minimum atomic E-state index is 0.303. The first-order chi connectivity index (χ1) is 18.8. The van der Waals surface area contributed by atoms with E-state index in [0.717, 1.165) is 5.69 Å². The molecule has 0 saturated heterocycles. The van der Waals surface area contributed by atoms with Gasteiger partial charge in [-0.2, -0.15) is 0 Å². The third kappa shape index (κ3) is 3.32. The van der Waals surface area contributed by atoms with Gasteiger partial charge in [0.15, 0.2) is 0 Å². The van der Waals surface area contributed by atoms with Crippen molar-refractivity contribution in [2.24, 2.45) is 0 Å². The van der Waals surface area contributed by atoms with Crippen LogP contribution in [0.25, 0.3) is 51.6 Å². The predicted octanol–water partition coefficient (Wildman–Crippen LogP) is 9.98. The molecule has 0 radical (unpaired) electrons. The molecule has 7 aromatic carbocycles. The van der Waals surface area contributed by atoms with E-state index >= 15 is 0 Å². The normalized spacial score (nSPS) is 11.7. The molecule has 2 heteroatoms. The first kappa shape index (κ1) is 21.7. The SMILES string of the molecule is c1ccc(N(c2ccc3ccc4c5ccccc5[se]c4c3c2)c2cc3ccccc3c3ccccc23)cc1. The summed E-state index contributed by atoms with van der Waals surface area (Å²) < 4.78 is 2.97. The first-order valence-corrected chi connectivity index (χ1v) is 14.7. The number of anilines is 3. The summed E-state index contributed by atoms with van der Waals surface area (Å²) in [5.41, 5.74) is 3.55. The third-order valence-corrected chi connectivity index (χ3v) is 10.2. The molecule has 1 aromatic heterocycles. The Morgan fingerprint density at radius 1 is 0.395 bits per heavy atom. The van der Waals surface area contributed by atoms with E-state index in [1.807, 2.05) is 0 Å². The molecular weight excluding hydrogens is 525 g/mol. The van der Waals surface area contributed by atoms with Crippen LogP contribution >= 0.6 is 0 Å². The molecule has 38 heavy (non-hydrogen) atoms. The van der Waals surface area contributed by atoms with Gasteiger partial charge in [-0.25, -0.2) is 0 Å². The Hall–Kier alpha value is -4.36. The van der Waals surface area contributed by atoms with Crippen LogP contribution in [0.4, 0.5) is 17.1 Å². The van der Waals surface area contributed by atoms with Gasteiger partial charge in [0.1, 0.15) is 0 Å². The van der Waals surface area contributed by atoms with Gasteiger partial charge in [0.25, 0.3) is 0 Å². The number of hydrogen-bond acceptors (Lipinski definition) is 1. The summed E-state index contributed by atoms with van der Waals surface area (Å²) in [6, 6.07) is 51.1. The van der Waals surface area contributed by atoms with Crippen LogP contribution in [0.1, 0.15) is 0 Å². The van der Waals surface area contributed by atoms with Crippen LogP contribution in [0, 0.1) is 0 Å². The molecule has 0 spiro atoms. The molecule has 0 saturated carbocycles. The Morgan fingerprint density at radius 2 is 1.08 bits per heavy atom. The van der Waals surface area contributed by atoms with E-state index < -0.39 is 0 Å². The van der Waals surface area contributed by atoms with Crippen molar-refractivity contribution in [3.8, 4) is 0 Å². The van der Waals surface area contributed by atoms with Crippen LogP contribution < -0.4 is 4.90 Å². The van der Waals surface area contributed by atoms with Gasteiger partial charge in [-0.1, -0.05) is 0 Å². The van der Waals surface area contributed by atoms with Gasteiger partial charge in [-0.05, 0) is 0 Å². The molecule has 0 unspecified atom stereocenters. The predicted molar refractivity (Wildman–Crippen MR) is 166 cm³/mol. The van der Waals surface area contributed by atoms with Gasteiger partial charge >= 0.3 is 228 Å². The van der Waals surface area contributed by atoms with Crippen LogP contribution in [-0.2, 0) is 0 Å². The molecule has 8 aromatic rings. The standard InChI is InChI=1S/C36H23NSe/c1-2-11-26(12-3-1)37(34-22-25-10-4-5-13-28(25)29-14-6-7-15-30(29)34)27-20-18-24-19-21-32-31-16-8-9-17-35(31)38-36(32)33(24)23-27/h1-23H. The molecule has 0 N–H and O–H groups in total. The average Bonchev–Trinajstić information content (AvgIpc) is 3.37. The third-order valence-electron chi connectivity index (χ3n) is 7.60. The van der Waals surface area contributed by atoms with E-state index in [4.69, 9.17) is 0 Å². The second kappa shape index (κ2) is 8.60. The summed E-state index contributed by atoms with van der Waals surface area (Å²) in [4.78, 5) is 2.43. The second-order valence-electron chi connectivity index (χ2n) is 9.78. The molecule has 0 aliphatic carbocycles. The van der Waals surface area contributed by atoms with E-state index in [-0.39, 0.29) is 0 Å². The monoisotopic (exact) mass is 549 g/mol. The fourth-order valence-electron chi connectivity index (χ4n) is 5.85. The quantitative estimate of drug-likeness (QED) is 0.157. The van der Waals surface area contributed by atoms with E-state index in [0.29, 0.717) is 14.5 Å². The molecule has 1 heterocycles. The van der Waals surface area contributed by atoms with Crippen molar-refractivity contribution in [1.82, 2.24) is 0 Å². The van der Waals surface area contributed by atoms with Crippen LogP contribution in [0.5, 0.6) is 0 Å².